The molecule has 0 aliphatic carbocycles. The lowest BCUT2D eigenvalue weighted by Crippen LogP contribution is -2.38. The van der Waals surface area contributed by atoms with E-state index in [0.717, 1.165) is 43.0 Å². The second kappa shape index (κ2) is 4.56. The van der Waals surface area contributed by atoms with Crippen LogP contribution in [-0.2, 0) is 0 Å². The summed E-state index contributed by atoms with van der Waals surface area (Å²) in [7, 11) is 0. The van der Waals surface area contributed by atoms with Crippen LogP contribution in [0.25, 0.3) is 0 Å². The van der Waals surface area contributed by atoms with E-state index in [0.29, 0.717) is 11.0 Å². The first-order valence-corrected chi connectivity index (χ1v) is 6.43. The lowest BCUT2D eigenvalue weighted by atomic mass is 9.82. The van der Waals surface area contributed by atoms with Gasteiger partial charge in [0.2, 0.25) is 0 Å². The summed E-state index contributed by atoms with van der Waals surface area (Å²) >= 11 is 0. The molecule has 1 saturated heterocycles. The van der Waals surface area contributed by atoms with E-state index >= 15 is 0 Å². The Labute approximate surface area is 109 Å². The maximum atomic E-state index is 9.31. The Kier molecular flexibility index (Phi) is 3.25. The van der Waals surface area contributed by atoms with Crippen molar-refractivity contribution in [3.63, 3.8) is 0 Å². The zero-order valence-electron chi connectivity index (χ0n) is 11.6. The number of hydrogen-bond acceptors (Lipinski definition) is 4. The highest BCUT2D eigenvalue weighted by Gasteiger charge is 2.28. The van der Waals surface area contributed by atoms with Crippen molar-refractivity contribution in [3.05, 3.63) is 16.8 Å². The lowest BCUT2D eigenvalue weighted by Gasteiger charge is -2.37. The Balaban J connectivity index is 2.31. The number of aromatic nitrogens is 2. The Morgan fingerprint density at radius 1 is 1.17 bits per heavy atom. The molecular formula is C14H20N4. The fraction of sp³-hybridized carbons (Fsp3) is 0.643. The van der Waals surface area contributed by atoms with Crippen LogP contribution in [0.5, 0.6) is 0 Å². The van der Waals surface area contributed by atoms with E-state index in [4.69, 9.17) is 0 Å². The Morgan fingerprint density at radius 3 is 2.33 bits per heavy atom. The minimum absolute atomic E-state index is 0.399. The van der Waals surface area contributed by atoms with Gasteiger partial charge in [-0.05, 0) is 37.7 Å². The number of piperidine rings is 1. The maximum absolute atomic E-state index is 9.31. The number of aryl methyl sites for hydroxylation is 1. The summed E-state index contributed by atoms with van der Waals surface area (Å²) in [6, 6.07) is 2.28. The van der Waals surface area contributed by atoms with E-state index < -0.39 is 0 Å². The average molecular weight is 244 g/mol. The average Bonchev–Trinajstić information content (AvgIpc) is 2.33. The van der Waals surface area contributed by atoms with Gasteiger partial charge in [-0.15, -0.1) is 5.10 Å². The molecule has 4 heteroatoms. The largest absolute Gasteiger partial charge is 0.354 e. The molecule has 0 aromatic carbocycles. The minimum atomic E-state index is 0.399. The van der Waals surface area contributed by atoms with Crippen molar-refractivity contribution in [1.82, 2.24) is 10.2 Å². The van der Waals surface area contributed by atoms with Crippen LogP contribution in [0.2, 0.25) is 0 Å². The standard InChI is InChI=1S/C14H20N4/c1-10-11(2)16-17-13(12(10)9-15)18-7-5-14(3,4)6-8-18/h5-8H2,1-4H3. The van der Waals surface area contributed by atoms with Gasteiger partial charge in [-0.25, -0.2) is 0 Å². The third-order valence-corrected chi connectivity index (χ3v) is 3.96. The number of hydrogen-bond donors (Lipinski definition) is 0. The van der Waals surface area contributed by atoms with Gasteiger partial charge in [-0.2, -0.15) is 10.4 Å². The molecule has 0 unspecified atom stereocenters. The van der Waals surface area contributed by atoms with Crippen molar-refractivity contribution >= 4 is 5.82 Å². The number of nitrogens with zero attached hydrogens (tertiary/aromatic N) is 4. The molecule has 1 aromatic heterocycles. The number of anilines is 1. The number of rotatable bonds is 1. The zero-order chi connectivity index (χ0) is 13.3. The van der Waals surface area contributed by atoms with E-state index in [9.17, 15) is 5.26 Å². The van der Waals surface area contributed by atoms with Crippen molar-refractivity contribution in [3.8, 4) is 6.07 Å². The maximum Gasteiger partial charge on any atom is 0.169 e. The summed E-state index contributed by atoms with van der Waals surface area (Å²) in [6.07, 6.45) is 2.26. The van der Waals surface area contributed by atoms with Crippen molar-refractivity contribution in [1.29, 1.82) is 5.26 Å². The van der Waals surface area contributed by atoms with Crippen LogP contribution in [-0.4, -0.2) is 23.3 Å². The molecule has 0 bridgehead atoms. The molecule has 2 rings (SSSR count). The normalized spacial score (nSPS) is 18.5. The molecule has 0 N–H and O–H groups in total. The van der Waals surface area contributed by atoms with Crippen molar-refractivity contribution in [2.24, 2.45) is 5.41 Å². The lowest BCUT2D eigenvalue weighted by molar-refractivity contribution is 0.279. The van der Waals surface area contributed by atoms with E-state index in [1.54, 1.807) is 0 Å². The van der Waals surface area contributed by atoms with Crippen molar-refractivity contribution < 1.29 is 0 Å². The van der Waals surface area contributed by atoms with Gasteiger partial charge in [0, 0.05) is 13.1 Å². The van der Waals surface area contributed by atoms with Gasteiger partial charge in [0.15, 0.2) is 5.82 Å². The van der Waals surface area contributed by atoms with Crippen LogP contribution < -0.4 is 4.90 Å². The van der Waals surface area contributed by atoms with Crippen molar-refractivity contribution in [2.75, 3.05) is 18.0 Å². The van der Waals surface area contributed by atoms with E-state index in [2.05, 4.69) is 35.0 Å². The van der Waals surface area contributed by atoms with Crippen LogP contribution >= 0.6 is 0 Å². The molecule has 0 spiro atoms. The van der Waals surface area contributed by atoms with Gasteiger partial charge >= 0.3 is 0 Å². The molecule has 1 aliphatic heterocycles. The van der Waals surface area contributed by atoms with Crippen LogP contribution in [0, 0.1) is 30.6 Å². The summed E-state index contributed by atoms with van der Waals surface area (Å²) in [5.74, 6) is 0.760. The molecule has 1 aliphatic rings. The first kappa shape index (κ1) is 12.8. The Bertz CT molecular complexity index is 489. The first-order chi connectivity index (χ1) is 8.44. The molecule has 1 fully saturated rings. The van der Waals surface area contributed by atoms with Crippen LogP contribution in [0.1, 0.15) is 43.5 Å². The predicted molar refractivity (Wildman–Crippen MR) is 71.4 cm³/mol. The highest BCUT2D eigenvalue weighted by Crippen LogP contribution is 2.32. The molecule has 0 atom stereocenters. The molecule has 0 radical (unpaired) electrons. The molecule has 1 aromatic rings. The minimum Gasteiger partial charge on any atom is -0.354 e. The van der Waals surface area contributed by atoms with E-state index in [1.807, 2.05) is 13.8 Å². The van der Waals surface area contributed by atoms with Gasteiger partial charge in [0.05, 0.1) is 5.69 Å². The smallest absolute Gasteiger partial charge is 0.169 e. The predicted octanol–water partition coefficient (Wildman–Crippen LogP) is 2.59. The van der Waals surface area contributed by atoms with Gasteiger partial charge in [0.25, 0.3) is 0 Å². The van der Waals surface area contributed by atoms with Gasteiger partial charge in [-0.1, -0.05) is 13.8 Å². The van der Waals surface area contributed by atoms with Gasteiger partial charge < -0.3 is 4.90 Å². The van der Waals surface area contributed by atoms with Crippen LogP contribution in [0.15, 0.2) is 0 Å². The highest BCUT2D eigenvalue weighted by atomic mass is 15.3. The highest BCUT2D eigenvalue weighted by molar-refractivity contribution is 5.57. The van der Waals surface area contributed by atoms with Gasteiger partial charge in [0.1, 0.15) is 11.6 Å². The third-order valence-electron chi connectivity index (χ3n) is 3.96. The van der Waals surface area contributed by atoms with Gasteiger partial charge in [-0.3, -0.25) is 0 Å². The quantitative estimate of drug-likeness (QED) is 0.762. The molecule has 96 valence electrons. The van der Waals surface area contributed by atoms with Crippen molar-refractivity contribution in [2.45, 2.75) is 40.5 Å². The monoisotopic (exact) mass is 244 g/mol. The summed E-state index contributed by atoms with van der Waals surface area (Å²) in [5, 5.41) is 17.7. The second-order valence-electron chi connectivity index (χ2n) is 5.87. The molecule has 2 heterocycles. The summed E-state index contributed by atoms with van der Waals surface area (Å²) in [5.41, 5.74) is 2.87. The first-order valence-electron chi connectivity index (χ1n) is 6.43. The van der Waals surface area contributed by atoms with E-state index in [-0.39, 0.29) is 0 Å². The molecule has 18 heavy (non-hydrogen) atoms. The second-order valence-corrected chi connectivity index (χ2v) is 5.87. The summed E-state index contributed by atoms with van der Waals surface area (Å²) in [6.45, 7) is 10.3. The SMILES string of the molecule is Cc1nnc(N2CCC(C)(C)CC2)c(C#N)c1C. The van der Waals surface area contributed by atoms with E-state index in [1.165, 1.54) is 0 Å². The zero-order valence-corrected chi connectivity index (χ0v) is 11.6. The topological polar surface area (TPSA) is 52.8 Å². The molecular weight excluding hydrogens is 224 g/mol. The molecule has 4 nitrogen and oxygen atoms in total. The fourth-order valence-corrected chi connectivity index (χ4v) is 2.28. The fourth-order valence-electron chi connectivity index (χ4n) is 2.28. The molecule has 0 saturated carbocycles. The summed E-state index contributed by atoms with van der Waals surface area (Å²) in [4.78, 5) is 2.20. The van der Waals surface area contributed by atoms with Crippen LogP contribution in [0.4, 0.5) is 5.82 Å². The molecule has 0 amide bonds. The summed E-state index contributed by atoms with van der Waals surface area (Å²) < 4.78 is 0. The Hall–Kier alpha value is -1.63. The Morgan fingerprint density at radius 2 is 1.78 bits per heavy atom. The third kappa shape index (κ3) is 2.31. The van der Waals surface area contributed by atoms with Crippen LogP contribution in [0.3, 0.4) is 0 Å². The number of nitriles is 1.